The second-order valence-electron chi connectivity index (χ2n) is 6.09. The van der Waals surface area contributed by atoms with E-state index < -0.39 is 5.82 Å². The highest BCUT2D eigenvalue weighted by Gasteiger charge is 2.08. The molecule has 0 amide bonds. The Kier molecular flexibility index (Phi) is 7.75. The maximum atomic E-state index is 13.8. The van der Waals surface area contributed by atoms with Crippen LogP contribution in [0.5, 0.6) is 5.75 Å². The molecule has 2 aromatic carbocycles. The van der Waals surface area contributed by atoms with Gasteiger partial charge in [0.2, 0.25) is 5.13 Å². The summed E-state index contributed by atoms with van der Waals surface area (Å²) in [7, 11) is 0. The summed E-state index contributed by atoms with van der Waals surface area (Å²) in [4.78, 5) is 15.7. The predicted octanol–water partition coefficient (Wildman–Crippen LogP) is 5.07. The molecular formula is C21H19ClFN3O3S. The highest BCUT2D eigenvalue weighted by Crippen LogP contribution is 2.19. The van der Waals surface area contributed by atoms with Gasteiger partial charge in [0.15, 0.2) is 0 Å². The lowest BCUT2D eigenvalue weighted by atomic mass is 10.2. The fourth-order valence-corrected chi connectivity index (χ4v) is 3.23. The number of carbonyl (C=O) groups is 1. The topological polar surface area (TPSA) is 72.8 Å². The van der Waals surface area contributed by atoms with Crippen LogP contribution in [-0.2, 0) is 22.6 Å². The molecule has 0 unspecified atom stereocenters. The third kappa shape index (κ3) is 6.53. The van der Waals surface area contributed by atoms with E-state index in [0.717, 1.165) is 5.56 Å². The van der Waals surface area contributed by atoms with Crippen LogP contribution in [0.1, 0.15) is 23.7 Å². The molecule has 3 aromatic rings. The number of nitrogens with one attached hydrogen (secondary N) is 1. The number of rotatable bonds is 9. The maximum absolute atomic E-state index is 13.8. The molecule has 0 radical (unpaired) electrons. The lowest BCUT2D eigenvalue weighted by molar-refractivity contribution is -0.142. The maximum Gasteiger partial charge on any atom is 0.311 e. The molecule has 6 nitrogen and oxygen atoms in total. The zero-order chi connectivity index (χ0) is 21.3. The van der Waals surface area contributed by atoms with Gasteiger partial charge < -0.3 is 9.47 Å². The molecule has 0 atom stereocenters. The summed E-state index contributed by atoms with van der Waals surface area (Å²) in [6, 6.07) is 11.7. The molecule has 0 saturated heterocycles. The van der Waals surface area contributed by atoms with Gasteiger partial charge in [-0.05, 0) is 48.9 Å². The van der Waals surface area contributed by atoms with Crippen molar-refractivity contribution in [1.29, 1.82) is 0 Å². The Hall–Kier alpha value is -2.97. The number of hydrogen-bond donors (Lipinski definition) is 1. The average Bonchev–Trinajstić information content (AvgIpc) is 3.15. The number of thiazole rings is 1. The predicted molar refractivity (Wildman–Crippen MR) is 116 cm³/mol. The summed E-state index contributed by atoms with van der Waals surface area (Å²) < 4.78 is 24.3. The number of halogens is 2. The number of ether oxygens (including phenoxy) is 2. The van der Waals surface area contributed by atoms with Gasteiger partial charge in [-0.1, -0.05) is 17.7 Å². The number of nitrogens with zero attached hydrogens (tertiary/aromatic N) is 2. The summed E-state index contributed by atoms with van der Waals surface area (Å²) in [5.74, 6) is -0.0955. The second-order valence-corrected chi connectivity index (χ2v) is 7.38. The number of anilines is 1. The van der Waals surface area contributed by atoms with Gasteiger partial charge in [0.05, 0.1) is 24.9 Å². The molecule has 3 rings (SSSR count). The van der Waals surface area contributed by atoms with Gasteiger partial charge in [-0.3, -0.25) is 10.2 Å². The Morgan fingerprint density at radius 1 is 1.30 bits per heavy atom. The molecule has 0 bridgehead atoms. The van der Waals surface area contributed by atoms with Crippen LogP contribution in [0.4, 0.5) is 9.52 Å². The van der Waals surface area contributed by atoms with E-state index in [4.69, 9.17) is 21.1 Å². The van der Waals surface area contributed by atoms with E-state index in [1.807, 2.05) is 12.1 Å². The SMILES string of the molecule is CCOC(=O)Cc1csc(NN=Cc2ccc(OCc3ccc(Cl)cc3F)cc2)n1. The molecule has 9 heteroatoms. The van der Waals surface area contributed by atoms with Gasteiger partial charge in [-0.25, -0.2) is 9.37 Å². The van der Waals surface area contributed by atoms with Crippen LogP contribution in [-0.4, -0.2) is 23.8 Å². The van der Waals surface area contributed by atoms with E-state index in [0.29, 0.717) is 33.8 Å². The second kappa shape index (κ2) is 10.7. The van der Waals surface area contributed by atoms with Crippen molar-refractivity contribution in [3.05, 3.63) is 75.5 Å². The van der Waals surface area contributed by atoms with Gasteiger partial charge in [0.1, 0.15) is 18.2 Å². The fourth-order valence-electron chi connectivity index (χ4n) is 2.41. The molecule has 0 saturated carbocycles. The summed E-state index contributed by atoms with van der Waals surface area (Å²) in [5.41, 5.74) is 4.74. The van der Waals surface area contributed by atoms with Crippen molar-refractivity contribution < 1.29 is 18.7 Å². The fraction of sp³-hybridized carbons (Fsp3) is 0.190. The highest BCUT2D eigenvalue weighted by atomic mass is 35.5. The molecule has 0 aliphatic carbocycles. The van der Waals surface area contributed by atoms with Gasteiger partial charge >= 0.3 is 5.97 Å². The van der Waals surface area contributed by atoms with Gasteiger partial charge in [-0.2, -0.15) is 5.10 Å². The van der Waals surface area contributed by atoms with Crippen molar-refractivity contribution in [2.24, 2.45) is 5.10 Å². The highest BCUT2D eigenvalue weighted by molar-refractivity contribution is 7.13. The van der Waals surface area contributed by atoms with Crippen molar-refractivity contribution in [2.45, 2.75) is 20.0 Å². The van der Waals surface area contributed by atoms with Crippen LogP contribution < -0.4 is 10.2 Å². The van der Waals surface area contributed by atoms with Crippen LogP contribution in [0.25, 0.3) is 0 Å². The standard InChI is InChI=1S/C21H19ClFN3O3S/c1-2-28-20(27)10-17-13-30-21(25-17)26-24-11-14-3-7-18(8-4-14)29-12-15-5-6-16(22)9-19(15)23/h3-9,11,13H,2,10,12H2,1H3,(H,25,26). The van der Waals surface area contributed by atoms with Crippen LogP contribution >= 0.6 is 22.9 Å². The van der Waals surface area contributed by atoms with E-state index in [1.165, 1.54) is 17.4 Å². The third-order valence-electron chi connectivity index (χ3n) is 3.85. The summed E-state index contributed by atoms with van der Waals surface area (Å²) >= 11 is 7.10. The van der Waals surface area contributed by atoms with Crippen LogP contribution in [0.15, 0.2) is 52.9 Å². The number of hydrogen-bond acceptors (Lipinski definition) is 7. The molecule has 1 N–H and O–H groups in total. The summed E-state index contributed by atoms with van der Waals surface area (Å²) in [6.07, 6.45) is 1.77. The number of benzene rings is 2. The zero-order valence-electron chi connectivity index (χ0n) is 16.1. The van der Waals surface area contributed by atoms with Crippen molar-refractivity contribution >= 4 is 40.3 Å². The van der Waals surface area contributed by atoms with Crippen LogP contribution in [0, 0.1) is 5.82 Å². The largest absolute Gasteiger partial charge is 0.489 e. The van der Waals surface area contributed by atoms with Crippen molar-refractivity contribution in [1.82, 2.24) is 4.98 Å². The number of carbonyl (C=O) groups excluding carboxylic acids is 1. The Morgan fingerprint density at radius 2 is 2.10 bits per heavy atom. The zero-order valence-corrected chi connectivity index (χ0v) is 17.7. The third-order valence-corrected chi connectivity index (χ3v) is 4.88. The summed E-state index contributed by atoms with van der Waals surface area (Å²) in [6.45, 7) is 2.22. The molecule has 1 heterocycles. The molecule has 1 aromatic heterocycles. The normalized spacial score (nSPS) is 10.9. The number of hydrazone groups is 1. The van der Waals surface area contributed by atoms with Crippen LogP contribution in [0.3, 0.4) is 0 Å². The first-order valence-electron chi connectivity index (χ1n) is 9.09. The Bertz CT molecular complexity index is 1020. The minimum atomic E-state index is -0.398. The minimum absolute atomic E-state index is 0.107. The quantitative estimate of drug-likeness (QED) is 0.282. The van der Waals surface area contributed by atoms with Crippen molar-refractivity contribution in [3.8, 4) is 5.75 Å². The van der Waals surface area contributed by atoms with E-state index in [2.05, 4.69) is 15.5 Å². The van der Waals surface area contributed by atoms with E-state index in [-0.39, 0.29) is 19.0 Å². The Balaban J connectivity index is 1.49. The smallest absolute Gasteiger partial charge is 0.311 e. The van der Waals surface area contributed by atoms with Gasteiger partial charge in [0, 0.05) is 16.0 Å². The van der Waals surface area contributed by atoms with Crippen molar-refractivity contribution in [3.63, 3.8) is 0 Å². The molecule has 156 valence electrons. The molecule has 0 fully saturated rings. The van der Waals surface area contributed by atoms with E-state index in [9.17, 15) is 9.18 Å². The number of aromatic nitrogens is 1. The summed E-state index contributed by atoms with van der Waals surface area (Å²) in [5, 5.41) is 6.85. The number of esters is 1. The van der Waals surface area contributed by atoms with E-state index >= 15 is 0 Å². The monoisotopic (exact) mass is 447 g/mol. The first-order valence-corrected chi connectivity index (χ1v) is 10.3. The molecule has 30 heavy (non-hydrogen) atoms. The van der Waals surface area contributed by atoms with Crippen molar-refractivity contribution in [2.75, 3.05) is 12.0 Å². The van der Waals surface area contributed by atoms with E-state index in [1.54, 1.807) is 42.8 Å². The Morgan fingerprint density at radius 3 is 2.83 bits per heavy atom. The molecule has 0 aliphatic heterocycles. The molecular weight excluding hydrogens is 429 g/mol. The first-order chi connectivity index (χ1) is 14.5. The Labute approximate surface area is 182 Å². The molecule has 0 spiro atoms. The molecule has 0 aliphatic rings. The average molecular weight is 448 g/mol. The minimum Gasteiger partial charge on any atom is -0.489 e. The lowest BCUT2D eigenvalue weighted by Gasteiger charge is -2.07. The van der Waals surface area contributed by atoms with Gasteiger partial charge in [0.25, 0.3) is 0 Å². The lowest BCUT2D eigenvalue weighted by Crippen LogP contribution is -2.07. The van der Waals surface area contributed by atoms with Gasteiger partial charge in [-0.15, -0.1) is 11.3 Å². The first kappa shape index (κ1) is 21.7. The van der Waals surface area contributed by atoms with Crippen LogP contribution in [0.2, 0.25) is 5.02 Å².